The number of aliphatic imine (C=N–C) groups is 1. The standard InChI is InChI=1S/C18H14ClFN4O/c1-9-7-10(17(25)24-18(21)22)8-13-11(5-6-23-16(9)13)12-3-2-4-14(20)15(12)19/h2-8H,1H3,(H4,21,22,24,25). The summed E-state index contributed by atoms with van der Waals surface area (Å²) in [4.78, 5) is 20.1. The van der Waals surface area contributed by atoms with Crippen molar-refractivity contribution in [3.05, 3.63) is 64.6 Å². The zero-order chi connectivity index (χ0) is 18.1. The topological polar surface area (TPSA) is 94.4 Å². The smallest absolute Gasteiger partial charge is 0.280 e. The fourth-order valence-corrected chi connectivity index (χ4v) is 2.91. The molecular weight excluding hydrogens is 343 g/mol. The number of hydrogen-bond acceptors (Lipinski definition) is 2. The molecule has 0 spiro atoms. The largest absolute Gasteiger partial charge is 0.370 e. The van der Waals surface area contributed by atoms with Crippen molar-refractivity contribution in [1.29, 1.82) is 0 Å². The molecule has 0 unspecified atom stereocenters. The van der Waals surface area contributed by atoms with Gasteiger partial charge in [-0.15, -0.1) is 0 Å². The molecule has 4 N–H and O–H groups in total. The summed E-state index contributed by atoms with van der Waals surface area (Å²) in [5.74, 6) is -1.40. The number of amides is 1. The van der Waals surface area contributed by atoms with E-state index in [2.05, 4.69) is 9.98 Å². The van der Waals surface area contributed by atoms with Gasteiger partial charge in [0.1, 0.15) is 5.82 Å². The lowest BCUT2D eigenvalue weighted by Gasteiger charge is -2.11. The van der Waals surface area contributed by atoms with E-state index in [-0.39, 0.29) is 11.0 Å². The van der Waals surface area contributed by atoms with E-state index in [1.807, 2.05) is 6.92 Å². The summed E-state index contributed by atoms with van der Waals surface area (Å²) < 4.78 is 13.8. The normalized spacial score (nSPS) is 10.7. The van der Waals surface area contributed by atoms with Gasteiger partial charge in [-0.05, 0) is 42.3 Å². The van der Waals surface area contributed by atoms with Crippen LogP contribution in [0, 0.1) is 12.7 Å². The lowest BCUT2D eigenvalue weighted by Crippen LogP contribution is -2.24. The number of rotatable bonds is 2. The number of fused-ring (bicyclic) bond motifs is 1. The maximum Gasteiger partial charge on any atom is 0.280 e. The van der Waals surface area contributed by atoms with E-state index in [1.54, 1.807) is 36.5 Å². The Labute approximate surface area is 148 Å². The zero-order valence-corrected chi connectivity index (χ0v) is 14.0. The number of pyridine rings is 1. The van der Waals surface area contributed by atoms with Gasteiger partial charge in [-0.2, -0.15) is 4.99 Å². The number of benzene rings is 2. The van der Waals surface area contributed by atoms with Gasteiger partial charge in [-0.1, -0.05) is 23.7 Å². The highest BCUT2D eigenvalue weighted by Gasteiger charge is 2.15. The van der Waals surface area contributed by atoms with Crippen LogP contribution in [0.4, 0.5) is 4.39 Å². The summed E-state index contributed by atoms with van der Waals surface area (Å²) in [5, 5.41) is 0.665. The van der Waals surface area contributed by atoms with Crippen LogP contribution in [-0.4, -0.2) is 16.9 Å². The number of aryl methyl sites for hydroxylation is 1. The van der Waals surface area contributed by atoms with E-state index < -0.39 is 11.7 Å². The van der Waals surface area contributed by atoms with E-state index in [0.717, 1.165) is 5.56 Å². The molecule has 0 saturated carbocycles. The van der Waals surface area contributed by atoms with Gasteiger partial charge in [0.25, 0.3) is 5.91 Å². The molecule has 126 valence electrons. The Morgan fingerprint density at radius 3 is 2.68 bits per heavy atom. The molecule has 0 bridgehead atoms. The van der Waals surface area contributed by atoms with Gasteiger partial charge < -0.3 is 11.5 Å². The molecule has 1 heterocycles. The number of halogens is 2. The second-order valence-electron chi connectivity index (χ2n) is 5.49. The molecule has 0 aliphatic heterocycles. The molecule has 2 aromatic carbocycles. The summed E-state index contributed by atoms with van der Waals surface area (Å²) in [6, 6.07) is 9.57. The van der Waals surface area contributed by atoms with Crippen LogP contribution in [0.2, 0.25) is 5.02 Å². The first kappa shape index (κ1) is 16.9. The van der Waals surface area contributed by atoms with Crippen LogP contribution in [0.1, 0.15) is 15.9 Å². The van der Waals surface area contributed by atoms with E-state index in [4.69, 9.17) is 23.1 Å². The molecule has 7 heteroatoms. The molecule has 0 aliphatic rings. The summed E-state index contributed by atoms with van der Waals surface area (Å²) in [5.41, 5.74) is 13.5. The number of nitrogens with zero attached hydrogens (tertiary/aromatic N) is 2. The first-order chi connectivity index (χ1) is 11.9. The molecule has 0 aliphatic carbocycles. The van der Waals surface area contributed by atoms with Crippen LogP contribution in [0.25, 0.3) is 22.0 Å². The van der Waals surface area contributed by atoms with Gasteiger partial charge in [0.15, 0.2) is 5.96 Å². The highest BCUT2D eigenvalue weighted by Crippen LogP contribution is 2.35. The molecule has 3 aromatic rings. The van der Waals surface area contributed by atoms with Gasteiger partial charge in [0, 0.05) is 22.7 Å². The Morgan fingerprint density at radius 2 is 1.96 bits per heavy atom. The van der Waals surface area contributed by atoms with E-state index in [1.165, 1.54) is 6.07 Å². The minimum Gasteiger partial charge on any atom is -0.370 e. The van der Waals surface area contributed by atoms with E-state index in [0.29, 0.717) is 27.6 Å². The third-order valence-electron chi connectivity index (χ3n) is 3.75. The number of carbonyl (C=O) groups excluding carboxylic acids is 1. The van der Waals surface area contributed by atoms with Crippen LogP contribution in [0.5, 0.6) is 0 Å². The minimum atomic E-state index is -0.565. The molecule has 0 fully saturated rings. The maximum absolute atomic E-state index is 13.8. The Balaban J connectivity index is 2.31. The van der Waals surface area contributed by atoms with Crippen molar-refractivity contribution >= 4 is 34.4 Å². The monoisotopic (exact) mass is 356 g/mol. The molecule has 5 nitrogen and oxygen atoms in total. The summed E-state index contributed by atoms with van der Waals surface area (Å²) in [7, 11) is 0. The number of aromatic nitrogens is 1. The Hall–Kier alpha value is -2.99. The quantitative estimate of drug-likeness (QED) is 0.543. The van der Waals surface area contributed by atoms with E-state index >= 15 is 0 Å². The fourth-order valence-electron chi connectivity index (χ4n) is 2.68. The lowest BCUT2D eigenvalue weighted by atomic mass is 9.97. The van der Waals surface area contributed by atoms with Crippen LogP contribution < -0.4 is 11.5 Å². The molecule has 25 heavy (non-hydrogen) atoms. The zero-order valence-electron chi connectivity index (χ0n) is 13.3. The molecule has 1 aromatic heterocycles. The van der Waals surface area contributed by atoms with Gasteiger partial charge in [0.2, 0.25) is 0 Å². The predicted molar refractivity (Wildman–Crippen MR) is 97.0 cm³/mol. The Kier molecular flexibility index (Phi) is 4.37. The molecular formula is C18H14ClFN4O. The molecule has 3 rings (SSSR count). The summed E-state index contributed by atoms with van der Waals surface area (Å²) in [6.45, 7) is 1.82. The van der Waals surface area contributed by atoms with Gasteiger partial charge in [-0.3, -0.25) is 9.78 Å². The van der Waals surface area contributed by atoms with Crippen molar-refractivity contribution in [2.45, 2.75) is 6.92 Å². The summed E-state index contributed by atoms with van der Waals surface area (Å²) >= 11 is 6.12. The van der Waals surface area contributed by atoms with Crippen LogP contribution in [0.15, 0.2) is 47.6 Å². The fraction of sp³-hybridized carbons (Fsp3) is 0.0556. The third-order valence-corrected chi connectivity index (χ3v) is 4.14. The third kappa shape index (κ3) is 3.16. The second-order valence-corrected chi connectivity index (χ2v) is 5.87. The highest BCUT2D eigenvalue weighted by atomic mass is 35.5. The first-order valence-corrected chi connectivity index (χ1v) is 7.74. The van der Waals surface area contributed by atoms with E-state index in [9.17, 15) is 9.18 Å². The first-order valence-electron chi connectivity index (χ1n) is 7.36. The number of guanidine groups is 1. The van der Waals surface area contributed by atoms with Crippen LogP contribution >= 0.6 is 11.6 Å². The van der Waals surface area contributed by atoms with Crippen molar-refractivity contribution < 1.29 is 9.18 Å². The van der Waals surface area contributed by atoms with Gasteiger partial charge in [-0.25, -0.2) is 4.39 Å². The van der Waals surface area contributed by atoms with Gasteiger partial charge in [0.05, 0.1) is 10.5 Å². The molecule has 0 radical (unpaired) electrons. The van der Waals surface area contributed by atoms with Crippen molar-refractivity contribution in [3.63, 3.8) is 0 Å². The van der Waals surface area contributed by atoms with Crippen molar-refractivity contribution in [2.24, 2.45) is 16.5 Å². The van der Waals surface area contributed by atoms with Crippen LogP contribution in [-0.2, 0) is 0 Å². The average molecular weight is 357 g/mol. The second kappa shape index (κ2) is 6.49. The van der Waals surface area contributed by atoms with Crippen molar-refractivity contribution in [1.82, 2.24) is 4.98 Å². The molecule has 0 saturated heterocycles. The van der Waals surface area contributed by atoms with Crippen molar-refractivity contribution in [2.75, 3.05) is 0 Å². The minimum absolute atomic E-state index is 0.00797. The number of nitrogens with two attached hydrogens (primary N) is 2. The highest BCUT2D eigenvalue weighted by molar-refractivity contribution is 6.34. The molecule has 0 atom stereocenters. The predicted octanol–water partition coefficient (Wildman–Crippen LogP) is 3.42. The number of carbonyl (C=O) groups is 1. The van der Waals surface area contributed by atoms with Crippen molar-refractivity contribution in [3.8, 4) is 11.1 Å². The number of hydrogen-bond donors (Lipinski definition) is 2. The van der Waals surface area contributed by atoms with Crippen LogP contribution in [0.3, 0.4) is 0 Å². The Bertz CT molecular complexity index is 1030. The SMILES string of the molecule is Cc1cc(C(=O)N=C(N)N)cc2c(-c3cccc(F)c3Cl)ccnc12. The Morgan fingerprint density at radius 1 is 1.20 bits per heavy atom. The molecule has 1 amide bonds. The average Bonchev–Trinajstić information content (AvgIpc) is 2.56. The lowest BCUT2D eigenvalue weighted by molar-refractivity contribution is 0.100. The van der Waals surface area contributed by atoms with Gasteiger partial charge >= 0.3 is 0 Å². The summed E-state index contributed by atoms with van der Waals surface area (Å²) in [6.07, 6.45) is 1.61. The maximum atomic E-state index is 13.8.